The minimum atomic E-state index is 0.375. The normalized spacial score (nSPS) is 16.8. The van der Waals surface area contributed by atoms with Gasteiger partial charge in [-0.1, -0.05) is 35.5 Å². The zero-order valence-electron chi connectivity index (χ0n) is 12.5. The number of hydrogen-bond donors (Lipinski definition) is 1. The number of likely N-dealkylation sites (N-methyl/N-ethyl adjacent to an activating group) is 1. The molecule has 0 atom stereocenters. The van der Waals surface area contributed by atoms with Crippen LogP contribution in [0.5, 0.6) is 0 Å². The van der Waals surface area contributed by atoms with Crippen molar-refractivity contribution in [3.05, 3.63) is 35.9 Å². The molecule has 1 aromatic carbocycles. The van der Waals surface area contributed by atoms with Crippen molar-refractivity contribution in [1.29, 1.82) is 0 Å². The number of nitrogens with zero attached hydrogens (tertiary/aromatic N) is 5. The lowest BCUT2D eigenvalue weighted by Gasteiger charge is -2.15. The average molecular weight is 287 g/mol. The highest BCUT2D eigenvalue weighted by Gasteiger charge is 2.15. The number of amidine groups is 1. The van der Waals surface area contributed by atoms with Gasteiger partial charge in [0.1, 0.15) is 12.1 Å². The maximum atomic E-state index is 9.24. The van der Waals surface area contributed by atoms with E-state index in [1.807, 2.05) is 30.3 Å². The van der Waals surface area contributed by atoms with Gasteiger partial charge in [-0.15, -0.1) is 10.2 Å². The second kappa shape index (κ2) is 7.42. The zero-order chi connectivity index (χ0) is 15.1. The van der Waals surface area contributed by atoms with Crippen LogP contribution in [0, 0.1) is 0 Å². The van der Waals surface area contributed by atoms with Crippen LogP contribution in [0.2, 0.25) is 0 Å². The van der Waals surface area contributed by atoms with Crippen molar-refractivity contribution >= 4 is 17.9 Å². The maximum Gasteiger partial charge on any atom is 0.195 e. The van der Waals surface area contributed by atoms with Crippen molar-refractivity contribution in [1.82, 2.24) is 9.80 Å². The van der Waals surface area contributed by atoms with Crippen molar-refractivity contribution in [2.45, 2.75) is 12.8 Å². The summed E-state index contributed by atoms with van der Waals surface area (Å²) in [6.45, 7) is 2.04. The molecule has 1 N–H and O–H groups in total. The fourth-order valence-electron chi connectivity index (χ4n) is 2.19. The number of rotatable bonds is 4. The number of likely N-dealkylation sites (tertiary alicyclic amines) is 1. The summed E-state index contributed by atoms with van der Waals surface area (Å²) < 4.78 is 0. The summed E-state index contributed by atoms with van der Waals surface area (Å²) in [7, 11) is 3.61. The maximum absolute atomic E-state index is 9.24. The van der Waals surface area contributed by atoms with Crippen LogP contribution in [-0.4, -0.2) is 60.1 Å². The van der Waals surface area contributed by atoms with E-state index >= 15 is 0 Å². The molecule has 1 aliphatic heterocycles. The van der Waals surface area contributed by atoms with Gasteiger partial charge in [0, 0.05) is 32.7 Å². The Morgan fingerprint density at radius 1 is 1.19 bits per heavy atom. The first-order chi connectivity index (χ1) is 10.2. The third-order valence-electron chi connectivity index (χ3n) is 3.29. The monoisotopic (exact) mass is 287 g/mol. The van der Waals surface area contributed by atoms with Crippen molar-refractivity contribution in [2.24, 2.45) is 15.4 Å². The lowest BCUT2D eigenvalue weighted by Crippen LogP contribution is -2.31. The second-order valence-corrected chi connectivity index (χ2v) is 5.11. The van der Waals surface area contributed by atoms with Crippen LogP contribution in [0.3, 0.4) is 0 Å². The van der Waals surface area contributed by atoms with Gasteiger partial charge in [-0.2, -0.15) is 0 Å². The first-order valence-corrected chi connectivity index (χ1v) is 7.02. The lowest BCUT2D eigenvalue weighted by molar-refractivity contribution is 0.312. The number of benzene rings is 1. The van der Waals surface area contributed by atoms with Gasteiger partial charge >= 0.3 is 0 Å². The Bertz CT molecular complexity index is 530. The van der Waals surface area contributed by atoms with Gasteiger partial charge in [0.05, 0.1) is 0 Å². The minimum absolute atomic E-state index is 0.375. The van der Waals surface area contributed by atoms with Crippen LogP contribution in [0.25, 0.3) is 0 Å². The summed E-state index contributed by atoms with van der Waals surface area (Å²) in [6, 6.07) is 9.59. The standard InChI is InChI=1S/C15H21N5O/c1-19(2)15(18-21)14(13-8-4-3-5-9-13)17-16-12-20-10-6-7-11-20/h3-5,8-9,12,21H,6-7,10-11H2,1-2H3/b16-12+,17-14+,18-15+. The van der Waals surface area contributed by atoms with Crippen LogP contribution in [0.1, 0.15) is 18.4 Å². The molecule has 0 spiro atoms. The molecule has 1 heterocycles. The Kier molecular flexibility index (Phi) is 5.31. The molecular weight excluding hydrogens is 266 g/mol. The first kappa shape index (κ1) is 15.0. The van der Waals surface area contributed by atoms with E-state index in [-0.39, 0.29) is 0 Å². The largest absolute Gasteiger partial charge is 0.409 e. The van der Waals surface area contributed by atoms with E-state index in [0.717, 1.165) is 18.7 Å². The van der Waals surface area contributed by atoms with E-state index in [4.69, 9.17) is 0 Å². The smallest absolute Gasteiger partial charge is 0.195 e. The molecule has 0 aromatic heterocycles. The molecule has 6 heteroatoms. The second-order valence-electron chi connectivity index (χ2n) is 5.11. The van der Waals surface area contributed by atoms with Gasteiger partial charge in [-0.05, 0) is 12.8 Å². The Morgan fingerprint density at radius 3 is 2.43 bits per heavy atom. The van der Waals surface area contributed by atoms with Crippen molar-refractivity contribution in [3.8, 4) is 0 Å². The quantitative estimate of drug-likeness (QED) is 0.398. The fourth-order valence-corrected chi connectivity index (χ4v) is 2.19. The lowest BCUT2D eigenvalue weighted by atomic mass is 10.1. The predicted molar refractivity (Wildman–Crippen MR) is 85.2 cm³/mol. The van der Waals surface area contributed by atoms with Gasteiger partial charge in [0.2, 0.25) is 0 Å². The molecule has 1 aliphatic rings. The molecule has 1 fully saturated rings. The molecule has 1 aromatic rings. The summed E-state index contributed by atoms with van der Waals surface area (Å²) in [5, 5.41) is 21.0. The van der Waals surface area contributed by atoms with Crippen LogP contribution in [0.4, 0.5) is 0 Å². The first-order valence-electron chi connectivity index (χ1n) is 7.02. The predicted octanol–water partition coefficient (Wildman–Crippen LogP) is 1.86. The fraction of sp³-hybridized carbons (Fsp3) is 0.400. The van der Waals surface area contributed by atoms with Gasteiger partial charge in [0.15, 0.2) is 5.84 Å². The van der Waals surface area contributed by atoms with Crippen LogP contribution in [0.15, 0.2) is 45.7 Å². The van der Waals surface area contributed by atoms with Gasteiger partial charge in [-0.3, -0.25) is 0 Å². The summed E-state index contributed by atoms with van der Waals surface area (Å²) in [5.74, 6) is 0.375. The molecule has 2 rings (SSSR count). The van der Waals surface area contributed by atoms with E-state index < -0.39 is 0 Å². The third kappa shape index (κ3) is 4.05. The molecule has 1 saturated heterocycles. The summed E-state index contributed by atoms with van der Waals surface area (Å²) >= 11 is 0. The molecular formula is C15H21N5O. The highest BCUT2D eigenvalue weighted by Crippen LogP contribution is 2.07. The molecule has 21 heavy (non-hydrogen) atoms. The molecule has 0 amide bonds. The van der Waals surface area contributed by atoms with Gasteiger partial charge in [0.25, 0.3) is 0 Å². The molecule has 0 saturated carbocycles. The van der Waals surface area contributed by atoms with Crippen molar-refractivity contribution in [2.75, 3.05) is 27.2 Å². The molecule has 0 unspecified atom stereocenters. The van der Waals surface area contributed by atoms with Crippen LogP contribution >= 0.6 is 0 Å². The van der Waals surface area contributed by atoms with Crippen LogP contribution < -0.4 is 0 Å². The Hall–Kier alpha value is -2.37. The van der Waals surface area contributed by atoms with E-state index in [0.29, 0.717) is 11.5 Å². The zero-order valence-corrected chi connectivity index (χ0v) is 12.5. The van der Waals surface area contributed by atoms with E-state index in [2.05, 4.69) is 20.3 Å². The Morgan fingerprint density at radius 2 is 1.86 bits per heavy atom. The SMILES string of the molecule is CN(C)C(=N/O)/C(=N/N=C/N1CCCC1)c1ccccc1. The molecule has 0 bridgehead atoms. The number of hydrogen-bond acceptors (Lipinski definition) is 4. The molecule has 0 radical (unpaired) electrons. The molecule has 0 aliphatic carbocycles. The van der Waals surface area contributed by atoms with E-state index in [1.165, 1.54) is 12.8 Å². The average Bonchev–Trinajstić information content (AvgIpc) is 3.00. The summed E-state index contributed by atoms with van der Waals surface area (Å²) in [6.07, 6.45) is 4.14. The highest BCUT2D eigenvalue weighted by atomic mass is 16.4. The van der Waals surface area contributed by atoms with E-state index in [9.17, 15) is 5.21 Å². The van der Waals surface area contributed by atoms with Gasteiger partial charge < -0.3 is 15.0 Å². The van der Waals surface area contributed by atoms with Crippen molar-refractivity contribution < 1.29 is 5.21 Å². The topological polar surface area (TPSA) is 63.8 Å². The van der Waals surface area contributed by atoms with Gasteiger partial charge in [-0.25, -0.2) is 0 Å². The Labute approximate surface area is 125 Å². The molecule has 6 nitrogen and oxygen atoms in total. The number of oxime groups is 1. The van der Waals surface area contributed by atoms with Crippen LogP contribution in [-0.2, 0) is 0 Å². The summed E-state index contributed by atoms with van der Waals surface area (Å²) in [4.78, 5) is 3.84. The highest BCUT2D eigenvalue weighted by molar-refractivity contribution is 6.47. The van der Waals surface area contributed by atoms with E-state index in [1.54, 1.807) is 25.3 Å². The van der Waals surface area contributed by atoms with Crippen molar-refractivity contribution in [3.63, 3.8) is 0 Å². The minimum Gasteiger partial charge on any atom is -0.409 e. The Balaban J connectivity index is 2.27. The third-order valence-corrected chi connectivity index (χ3v) is 3.29. The molecule has 112 valence electrons. The summed E-state index contributed by atoms with van der Waals surface area (Å²) in [5.41, 5.74) is 1.40.